The van der Waals surface area contributed by atoms with E-state index < -0.39 is 0 Å². The van der Waals surface area contributed by atoms with E-state index in [1.54, 1.807) is 0 Å². The second kappa shape index (κ2) is 6.21. The number of halogens is 1. The molecule has 0 aromatic heterocycles. The lowest BCUT2D eigenvalue weighted by molar-refractivity contribution is 0.0789. The molecule has 0 aliphatic carbocycles. The number of carbonyl (C=O) groups excluding carboxylic acids is 1. The summed E-state index contributed by atoms with van der Waals surface area (Å²) in [6.45, 7) is 5.70. The monoisotopic (exact) mass is 268 g/mol. The summed E-state index contributed by atoms with van der Waals surface area (Å²) >= 11 is 0. The van der Waals surface area contributed by atoms with Crippen molar-refractivity contribution in [2.45, 2.75) is 26.3 Å². The number of carbonyl (C=O) groups is 1. The van der Waals surface area contributed by atoms with Crippen molar-refractivity contribution in [2.24, 2.45) is 0 Å². The van der Waals surface area contributed by atoms with E-state index in [4.69, 9.17) is 0 Å². The van der Waals surface area contributed by atoms with Crippen LogP contribution in [0, 0.1) is 13.8 Å². The van der Waals surface area contributed by atoms with Gasteiger partial charge in [-0.2, -0.15) is 0 Å². The molecule has 1 amide bonds. The van der Waals surface area contributed by atoms with Crippen molar-refractivity contribution in [2.75, 3.05) is 20.1 Å². The van der Waals surface area contributed by atoms with Gasteiger partial charge in [0.15, 0.2) is 0 Å². The fraction of sp³-hybridized carbons (Fsp3) is 0.500. The van der Waals surface area contributed by atoms with Crippen molar-refractivity contribution >= 4 is 18.3 Å². The van der Waals surface area contributed by atoms with E-state index in [9.17, 15) is 4.79 Å². The number of amides is 1. The van der Waals surface area contributed by atoms with E-state index >= 15 is 0 Å². The van der Waals surface area contributed by atoms with E-state index in [0.29, 0.717) is 6.04 Å². The molecule has 1 fully saturated rings. The molecule has 0 bridgehead atoms. The number of likely N-dealkylation sites (tertiary alicyclic amines) is 1. The van der Waals surface area contributed by atoms with Crippen LogP contribution < -0.4 is 5.32 Å². The summed E-state index contributed by atoms with van der Waals surface area (Å²) in [6, 6.07) is 6.51. The highest BCUT2D eigenvalue weighted by atomic mass is 35.5. The standard InChI is InChI=1S/C14H20N2O.ClH/c1-10-4-5-11(2)13(8-10)14(17)16-7-6-12(9-16)15-3;/h4-5,8,12,15H,6-7,9H2,1-3H3;1H. The minimum Gasteiger partial charge on any atom is -0.337 e. The van der Waals surface area contributed by atoms with Crippen LogP contribution in [0.2, 0.25) is 0 Å². The van der Waals surface area contributed by atoms with Crippen molar-refractivity contribution in [1.29, 1.82) is 0 Å². The minimum atomic E-state index is 0. The van der Waals surface area contributed by atoms with Gasteiger partial charge in [-0.25, -0.2) is 0 Å². The van der Waals surface area contributed by atoms with Gasteiger partial charge < -0.3 is 10.2 Å². The molecule has 3 nitrogen and oxygen atoms in total. The van der Waals surface area contributed by atoms with E-state index in [1.807, 2.05) is 44.0 Å². The van der Waals surface area contributed by atoms with Gasteiger partial charge >= 0.3 is 0 Å². The Morgan fingerprint density at radius 1 is 1.39 bits per heavy atom. The molecule has 0 spiro atoms. The maximum absolute atomic E-state index is 12.4. The quantitative estimate of drug-likeness (QED) is 0.892. The van der Waals surface area contributed by atoms with Crippen LogP contribution in [0.4, 0.5) is 0 Å². The highest BCUT2D eigenvalue weighted by Gasteiger charge is 2.26. The smallest absolute Gasteiger partial charge is 0.254 e. The molecule has 1 N–H and O–H groups in total. The van der Waals surface area contributed by atoms with Crippen LogP contribution in [0.3, 0.4) is 0 Å². The lowest BCUT2D eigenvalue weighted by Gasteiger charge is -2.18. The van der Waals surface area contributed by atoms with Gasteiger partial charge in [-0.15, -0.1) is 12.4 Å². The van der Waals surface area contributed by atoms with Crippen LogP contribution in [0.15, 0.2) is 18.2 Å². The molecule has 0 radical (unpaired) electrons. The van der Waals surface area contributed by atoms with E-state index in [2.05, 4.69) is 5.32 Å². The minimum absolute atomic E-state index is 0. The van der Waals surface area contributed by atoms with Crippen LogP contribution in [0.1, 0.15) is 27.9 Å². The first-order chi connectivity index (χ1) is 8.11. The molecular formula is C14H21ClN2O. The number of nitrogens with one attached hydrogen (secondary N) is 1. The normalized spacial score (nSPS) is 18.6. The molecular weight excluding hydrogens is 248 g/mol. The second-order valence-corrected chi connectivity index (χ2v) is 4.84. The number of nitrogens with zero attached hydrogens (tertiary/aromatic N) is 1. The van der Waals surface area contributed by atoms with Crippen molar-refractivity contribution in [1.82, 2.24) is 10.2 Å². The summed E-state index contributed by atoms with van der Waals surface area (Å²) in [7, 11) is 1.95. The Morgan fingerprint density at radius 2 is 2.11 bits per heavy atom. The van der Waals surface area contributed by atoms with Crippen molar-refractivity contribution in [3.05, 3.63) is 34.9 Å². The SMILES string of the molecule is CNC1CCN(C(=O)c2cc(C)ccc2C)C1.Cl. The van der Waals surface area contributed by atoms with Crippen LogP contribution >= 0.6 is 12.4 Å². The number of benzene rings is 1. The average molecular weight is 269 g/mol. The Morgan fingerprint density at radius 3 is 2.72 bits per heavy atom. The first-order valence-corrected chi connectivity index (χ1v) is 6.15. The lowest BCUT2D eigenvalue weighted by Crippen LogP contribution is -2.33. The number of rotatable bonds is 2. The zero-order valence-electron chi connectivity index (χ0n) is 11.2. The van der Waals surface area contributed by atoms with E-state index in [1.165, 1.54) is 0 Å². The molecule has 1 saturated heterocycles. The molecule has 18 heavy (non-hydrogen) atoms. The predicted molar refractivity (Wildman–Crippen MR) is 76.5 cm³/mol. The largest absolute Gasteiger partial charge is 0.337 e. The van der Waals surface area contributed by atoms with Gasteiger partial charge in [-0.1, -0.05) is 17.7 Å². The fourth-order valence-corrected chi connectivity index (χ4v) is 2.32. The van der Waals surface area contributed by atoms with Crippen LogP contribution in [0.5, 0.6) is 0 Å². The van der Waals surface area contributed by atoms with E-state index in [0.717, 1.165) is 36.2 Å². The van der Waals surface area contributed by atoms with Crippen LogP contribution in [-0.2, 0) is 0 Å². The van der Waals surface area contributed by atoms with Gasteiger partial charge in [0, 0.05) is 24.7 Å². The van der Waals surface area contributed by atoms with Gasteiger partial charge in [0.25, 0.3) is 5.91 Å². The molecule has 1 aromatic rings. The Hall–Kier alpha value is -1.06. The number of likely N-dealkylation sites (N-methyl/N-ethyl adjacent to an activating group) is 1. The molecule has 0 saturated carbocycles. The van der Waals surface area contributed by atoms with Gasteiger partial charge in [0.2, 0.25) is 0 Å². The molecule has 2 rings (SSSR count). The van der Waals surface area contributed by atoms with Crippen molar-refractivity contribution < 1.29 is 4.79 Å². The third kappa shape index (κ3) is 3.03. The molecule has 1 unspecified atom stereocenters. The molecule has 4 heteroatoms. The summed E-state index contributed by atoms with van der Waals surface area (Å²) in [5.74, 6) is 0.170. The van der Waals surface area contributed by atoms with Gasteiger partial charge in [-0.05, 0) is 38.9 Å². The summed E-state index contributed by atoms with van der Waals surface area (Å²) in [5, 5.41) is 3.23. The predicted octanol–water partition coefficient (Wildman–Crippen LogP) is 2.16. The first kappa shape index (κ1) is 15.0. The first-order valence-electron chi connectivity index (χ1n) is 6.15. The molecule has 1 atom stereocenters. The van der Waals surface area contributed by atoms with E-state index in [-0.39, 0.29) is 18.3 Å². The molecule has 100 valence electrons. The maximum atomic E-state index is 12.4. The Balaban J connectivity index is 0.00000162. The number of hydrogen-bond donors (Lipinski definition) is 1. The summed E-state index contributed by atoms with van der Waals surface area (Å²) in [4.78, 5) is 14.3. The van der Waals surface area contributed by atoms with Gasteiger partial charge in [0.05, 0.1) is 0 Å². The highest BCUT2D eigenvalue weighted by Crippen LogP contribution is 2.17. The number of hydrogen-bond acceptors (Lipinski definition) is 2. The Bertz CT molecular complexity index is 434. The average Bonchev–Trinajstić information content (AvgIpc) is 2.80. The molecule has 1 aliphatic heterocycles. The highest BCUT2D eigenvalue weighted by molar-refractivity contribution is 5.96. The zero-order chi connectivity index (χ0) is 12.4. The van der Waals surface area contributed by atoms with Crippen LogP contribution in [0.25, 0.3) is 0 Å². The summed E-state index contributed by atoms with van der Waals surface area (Å²) < 4.78 is 0. The maximum Gasteiger partial charge on any atom is 0.254 e. The Kier molecular flexibility index (Phi) is 5.17. The fourth-order valence-electron chi connectivity index (χ4n) is 2.32. The third-order valence-electron chi connectivity index (χ3n) is 3.51. The second-order valence-electron chi connectivity index (χ2n) is 4.84. The molecule has 1 aliphatic rings. The van der Waals surface area contributed by atoms with Crippen LogP contribution in [-0.4, -0.2) is 37.0 Å². The summed E-state index contributed by atoms with van der Waals surface area (Å²) in [5.41, 5.74) is 3.05. The van der Waals surface area contributed by atoms with Crippen molar-refractivity contribution in [3.8, 4) is 0 Å². The van der Waals surface area contributed by atoms with Crippen molar-refractivity contribution in [3.63, 3.8) is 0 Å². The van der Waals surface area contributed by atoms with Gasteiger partial charge in [-0.3, -0.25) is 4.79 Å². The Labute approximate surface area is 115 Å². The topological polar surface area (TPSA) is 32.3 Å². The lowest BCUT2D eigenvalue weighted by atomic mass is 10.0. The molecule has 1 aromatic carbocycles. The molecule has 1 heterocycles. The summed E-state index contributed by atoms with van der Waals surface area (Å²) in [6.07, 6.45) is 1.05. The number of aryl methyl sites for hydroxylation is 2. The third-order valence-corrected chi connectivity index (χ3v) is 3.51. The van der Waals surface area contributed by atoms with Gasteiger partial charge in [0.1, 0.15) is 0 Å². The zero-order valence-corrected chi connectivity index (χ0v) is 12.0.